The van der Waals surface area contributed by atoms with Crippen molar-refractivity contribution in [1.29, 1.82) is 0 Å². The molecule has 5 unspecified atom stereocenters. The first kappa shape index (κ1) is 27.4. The third-order valence-corrected chi connectivity index (χ3v) is 12.9. The summed E-state index contributed by atoms with van der Waals surface area (Å²) in [5.74, 6) is 2.58. The average molecular weight is 559 g/mol. The van der Waals surface area contributed by atoms with E-state index in [1.165, 1.54) is 10.4 Å². The molecule has 1 heterocycles. The van der Waals surface area contributed by atoms with Crippen LogP contribution in [0.25, 0.3) is 17.5 Å². The molecule has 1 aliphatic heterocycles. The van der Waals surface area contributed by atoms with Crippen LogP contribution in [0.5, 0.6) is 0 Å². The molecule has 0 spiro atoms. The van der Waals surface area contributed by atoms with Gasteiger partial charge in [-0.15, -0.1) is 0 Å². The van der Waals surface area contributed by atoms with Gasteiger partial charge >= 0.3 is 35.6 Å². The zero-order chi connectivity index (χ0) is 23.9. The van der Waals surface area contributed by atoms with Gasteiger partial charge in [0.15, 0.2) is 0 Å². The van der Waals surface area contributed by atoms with Crippen molar-refractivity contribution in [3.63, 3.8) is 0 Å². The topological polar surface area (TPSA) is 17.3 Å². The molecule has 1 saturated carbocycles. The Bertz CT molecular complexity index is 1110. The molecule has 2 fully saturated rings. The number of benzene rings is 1. The number of halogens is 2. The third kappa shape index (κ3) is 4.83. The summed E-state index contributed by atoms with van der Waals surface area (Å²) in [6.07, 6.45) is 25.6. The van der Waals surface area contributed by atoms with Crippen LogP contribution < -0.4 is 10.4 Å². The summed E-state index contributed by atoms with van der Waals surface area (Å²) >= 11 is -0.556. The molecule has 0 aromatic heterocycles. The van der Waals surface area contributed by atoms with Crippen LogP contribution >= 0.6 is 18.6 Å². The van der Waals surface area contributed by atoms with Crippen molar-refractivity contribution in [2.75, 3.05) is 0 Å². The average Bonchev–Trinajstić information content (AvgIpc) is 3.39. The Morgan fingerprint density at radius 1 is 0.857 bits per heavy atom. The number of rotatable bonds is 3. The minimum absolute atomic E-state index is 0. The van der Waals surface area contributed by atoms with E-state index in [2.05, 4.69) is 110 Å². The van der Waals surface area contributed by atoms with E-state index in [4.69, 9.17) is 23.9 Å². The maximum absolute atomic E-state index is 5.36. The zero-order valence-electron chi connectivity index (χ0n) is 21.1. The van der Waals surface area contributed by atoms with E-state index in [-0.39, 0.29) is 7.43 Å². The molecular weight excluding hydrogens is 523 g/mol. The SMILES string of the molecule is CC[C@H]1[N-]C2C=c3ccccc3=C[C@H]2N1[Si](C)(C)C1C2C=CC=CC2C2C=CC=CC21.[CH3-].[Cl][Ti][Cl]. The molecule has 0 radical (unpaired) electrons. The monoisotopic (exact) mass is 558 g/mol. The molecule has 0 bridgehead atoms. The van der Waals surface area contributed by atoms with Crippen LogP contribution in [0.3, 0.4) is 0 Å². The fourth-order valence-electron chi connectivity index (χ4n) is 7.44. The van der Waals surface area contributed by atoms with Crippen LogP contribution in [0, 0.1) is 31.1 Å². The molecule has 35 heavy (non-hydrogen) atoms. The molecule has 1 saturated heterocycles. The predicted molar refractivity (Wildman–Crippen MR) is 151 cm³/mol. The maximum atomic E-state index is 5.36. The summed E-state index contributed by atoms with van der Waals surface area (Å²) in [5, 5.41) is 8.10. The van der Waals surface area contributed by atoms with E-state index in [0.29, 0.717) is 47.5 Å². The number of allylic oxidation sites excluding steroid dienone is 8. The van der Waals surface area contributed by atoms with Gasteiger partial charge in [-0.25, -0.2) is 0 Å². The van der Waals surface area contributed by atoms with Crippen LogP contribution in [-0.4, -0.2) is 31.1 Å². The molecular formula is C29H36Cl2N2SiTi-2. The van der Waals surface area contributed by atoms with Gasteiger partial charge in [0.2, 0.25) is 0 Å². The molecule has 186 valence electrons. The Labute approximate surface area is 229 Å². The fraction of sp³-hybridized carbons (Fsp3) is 0.414. The number of hydrogen-bond donors (Lipinski definition) is 0. The molecule has 1 aromatic carbocycles. The summed E-state index contributed by atoms with van der Waals surface area (Å²) in [6, 6.07) is 9.54. The number of nitrogens with zero attached hydrogens (tertiary/aromatic N) is 2. The Hall–Kier alpha value is -0.649. The Morgan fingerprint density at radius 2 is 1.34 bits per heavy atom. The van der Waals surface area contributed by atoms with Crippen LogP contribution in [0.15, 0.2) is 72.9 Å². The van der Waals surface area contributed by atoms with Gasteiger partial charge in [0.05, 0.1) is 0 Å². The molecule has 4 aliphatic carbocycles. The van der Waals surface area contributed by atoms with Gasteiger partial charge in [-0.3, -0.25) is 0 Å². The summed E-state index contributed by atoms with van der Waals surface area (Å²) in [5.41, 5.74) is 0.707. The van der Waals surface area contributed by atoms with E-state index >= 15 is 0 Å². The Balaban J connectivity index is 0.000000689. The van der Waals surface area contributed by atoms with Crippen molar-refractivity contribution in [2.24, 2.45) is 23.7 Å². The standard InChI is InChI=1S/C28H33N2Si.CH3.2ClH.Ti/c1-4-27-29-25-17-19-11-5-6-12-20(19)18-26(25)30(27)31(2,3)28-23-15-9-7-13-21(23)22-14-8-10-16-24(22)28;;;;/h5-18,21-28H,4H2,1-3H3;1H3;2*1H;/q2*-1;;;+2/p-2/t21?,22?,23?,24?,25?,26-,27+,28?;;;;/m1..../s1. The van der Waals surface area contributed by atoms with E-state index in [1.54, 1.807) is 0 Å². The molecule has 2 nitrogen and oxygen atoms in total. The van der Waals surface area contributed by atoms with E-state index in [0.717, 1.165) is 6.42 Å². The van der Waals surface area contributed by atoms with Crippen molar-refractivity contribution in [3.05, 3.63) is 96.1 Å². The summed E-state index contributed by atoms with van der Waals surface area (Å²) in [4.78, 5) is 0. The van der Waals surface area contributed by atoms with Crippen molar-refractivity contribution in [2.45, 2.75) is 50.2 Å². The first-order valence-electron chi connectivity index (χ1n) is 12.4. The van der Waals surface area contributed by atoms with Gasteiger partial charge in [-0.1, -0.05) is 124 Å². The van der Waals surface area contributed by atoms with Crippen molar-refractivity contribution >= 4 is 39.0 Å². The molecule has 7 atom stereocenters. The van der Waals surface area contributed by atoms with Crippen LogP contribution in [0.4, 0.5) is 0 Å². The number of fused-ring (bicyclic) bond motifs is 5. The van der Waals surface area contributed by atoms with Crippen LogP contribution in [0.1, 0.15) is 13.3 Å². The van der Waals surface area contributed by atoms with Crippen molar-refractivity contribution in [3.8, 4) is 0 Å². The van der Waals surface area contributed by atoms with E-state index < -0.39 is 25.3 Å². The van der Waals surface area contributed by atoms with Gasteiger partial charge < -0.3 is 17.3 Å². The summed E-state index contributed by atoms with van der Waals surface area (Å²) in [7, 11) is 7.93. The second-order valence-electron chi connectivity index (χ2n) is 10.5. The van der Waals surface area contributed by atoms with E-state index in [1.807, 2.05) is 0 Å². The second kappa shape index (κ2) is 11.4. The summed E-state index contributed by atoms with van der Waals surface area (Å²) in [6.45, 7) is 7.61. The number of hydrogen-bond acceptors (Lipinski definition) is 1. The first-order chi connectivity index (χ1) is 16.5. The van der Waals surface area contributed by atoms with Crippen molar-refractivity contribution in [1.82, 2.24) is 4.57 Å². The molecule has 0 amide bonds. The van der Waals surface area contributed by atoms with Gasteiger partial charge in [0.25, 0.3) is 0 Å². The van der Waals surface area contributed by atoms with Gasteiger partial charge in [0, 0.05) is 6.04 Å². The minimum atomic E-state index is -1.85. The molecule has 6 heteroatoms. The van der Waals surface area contributed by atoms with Crippen LogP contribution in [0.2, 0.25) is 18.6 Å². The predicted octanol–water partition coefficient (Wildman–Crippen LogP) is 6.56. The Kier molecular flexibility index (Phi) is 8.92. The zero-order valence-corrected chi connectivity index (χ0v) is 25.1. The quantitative estimate of drug-likeness (QED) is 0.303. The third-order valence-electron chi connectivity index (χ3n) is 8.60. The van der Waals surface area contributed by atoms with Gasteiger partial charge in [-0.05, 0) is 39.7 Å². The van der Waals surface area contributed by atoms with Gasteiger partial charge in [-0.2, -0.15) is 0 Å². The molecule has 6 rings (SSSR count). The second-order valence-corrected chi connectivity index (χ2v) is 17.6. The van der Waals surface area contributed by atoms with Gasteiger partial charge in [0.1, 0.15) is 8.24 Å². The van der Waals surface area contributed by atoms with Crippen LogP contribution in [-0.2, 0) is 17.0 Å². The molecule has 5 aliphatic rings. The fourth-order valence-corrected chi connectivity index (χ4v) is 12.3. The summed E-state index contributed by atoms with van der Waals surface area (Å²) < 4.78 is 2.92. The normalized spacial score (nSPS) is 35.8. The molecule has 0 N–H and O–H groups in total. The van der Waals surface area contributed by atoms with Crippen molar-refractivity contribution < 1.29 is 17.0 Å². The molecule has 1 aromatic rings. The first-order valence-corrected chi connectivity index (χ1v) is 19.8. The Morgan fingerprint density at radius 3 is 1.86 bits per heavy atom. The van der Waals surface area contributed by atoms with E-state index in [9.17, 15) is 0 Å².